The van der Waals surface area contributed by atoms with E-state index in [9.17, 15) is 13.2 Å². The molecule has 1 rings (SSSR count). The van der Waals surface area contributed by atoms with Gasteiger partial charge in [0.1, 0.15) is 0 Å². The molecule has 0 radical (unpaired) electrons. The number of rotatable bonds is 4. The third-order valence-corrected chi connectivity index (χ3v) is 2.10. The average Bonchev–Trinajstić information content (AvgIpc) is 2.23. The van der Waals surface area contributed by atoms with Gasteiger partial charge in [0, 0.05) is 27.7 Å². The zero-order valence-electron chi connectivity index (χ0n) is 10.4. The molecule has 0 aliphatic carbocycles. The zero-order valence-corrected chi connectivity index (χ0v) is 10.4. The van der Waals surface area contributed by atoms with Crippen LogP contribution in [0, 0.1) is 0 Å². The third kappa shape index (κ3) is 4.22. The number of alkyl halides is 3. The highest BCUT2D eigenvalue weighted by Gasteiger charge is 2.27. The second kappa shape index (κ2) is 5.23. The van der Waals surface area contributed by atoms with Gasteiger partial charge in [-0.25, -0.2) is 0 Å². The van der Waals surface area contributed by atoms with E-state index in [0.29, 0.717) is 5.95 Å². The van der Waals surface area contributed by atoms with Crippen LogP contribution < -0.4 is 15.5 Å². The van der Waals surface area contributed by atoms with Crippen LogP contribution in [0.15, 0.2) is 0 Å². The monoisotopic (exact) mass is 264 g/mol. The van der Waals surface area contributed by atoms with Crippen LogP contribution in [0.5, 0.6) is 0 Å². The summed E-state index contributed by atoms with van der Waals surface area (Å²) in [4.78, 5) is 14.6. The highest BCUT2D eigenvalue weighted by molar-refractivity contribution is 5.42. The van der Waals surface area contributed by atoms with Crippen LogP contribution in [0.4, 0.5) is 31.0 Å². The van der Waals surface area contributed by atoms with Gasteiger partial charge in [-0.15, -0.1) is 0 Å². The lowest BCUT2D eigenvalue weighted by molar-refractivity contribution is -0.132. The molecule has 2 N–H and O–H groups in total. The van der Waals surface area contributed by atoms with E-state index in [1.165, 1.54) is 11.9 Å². The molecule has 0 unspecified atom stereocenters. The summed E-state index contributed by atoms with van der Waals surface area (Å²) < 4.78 is 36.3. The molecule has 1 aromatic heterocycles. The van der Waals surface area contributed by atoms with Crippen LogP contribution in [-0.2, 0) is 0 Å². The normalized spacial score (nSPS) is 11.4. The number of hydrogen-bond acceptors (Lipinski definition) is 6. The van der Waals surface area contributed by atoms with E-state index < -0.39 is 12.6 Å². The fourth-order valence-electron chi connectivity index (χ4n) is 1.13. The lowest BCUT2D eigenvalue weighted by Gasteiger charge is -2.19. The summed E-state index contributed by atoms with van der Waals surface area (Å²) in [5.41, 5.74) is 5.48. The molecule has 9 heteroatoms. The van der Waals surface area contributed by atoms with E-state index in [-0.39, 0.29) is 18.4 Å². The molecule has 18 heavy (non-hydrogen) atoms. The number of aromatic nitrogens is 3. The lowest BCUT2D eigenvalue weighted by Crippen LogP contribution is -2.27. The molecule has 1 aromatic rings. The number of anilines is 3. The summed E-state index contributed by atoms with van der Waals surface area (Å²) in [5.74, 6) is 0.398. The summed E-state index contributed by atoms with van der Waals surface area (Å²) in [6.07, 6.45) is -5.15. The molecule has 0 saturated heterocycles. The van der Waals surface area contributed by atoms with Crippen molar-refractivity contribution in [2.45, 2.75) is 12.6 Å². The first-order valence-electron chi connectivity index (χ1n) is 5.16. The number of halogens is 3. The first-order valence-corrected chi connectivity index (χ1v) is 5.16. The van der Waals surface area contributed by atoms with Crippen molar-refractivity contribution in [3.05, 3.63) is 0 Å². The van der Waals surface area contributed by atoms with E-state index in [4.69, 9.17) is 5.73 Å². The largest absolute Gasteiger partial charge is 0.390 e. The van der Waals surface area contributed by atoms with Crippen molar-refractivity contribution in [2.75, 3.05) is 43.2 Å². The van der Waals surface area contributed by atoms with Gasteiger partial charge in [-0.2, -0.15) is 28.1 Å². The summed E-state index contributed by atoms with van der Waals surface area (Å²) in [7, 11) is 4.88. The maximum atomic E-state index is 12.1. The third-order valence-electron chi connectivity index (χ3n) is 2.10. The summed E-state index contributed by atoms with van der Waals surface area (Å²) in [5, 5.41) is 0. The fourth-order valence-corrected chi connectivity index (χ4v) is 1.13. The van der Waals surface area contributed by atoms with Crippen molar-refractivity contribution in [1.29, 1.82) is 0 Å². The van der Waals surface area contributed by atoms with Crippen molar-refractivity contribution < 1.29 is 13.2 Å². The Morgan fingerprint density at radius 3 is 2.11 bits per heavy atom. The highest BCUT2D eigenvalue weighted by Crippen LogP contribution is 2.21. The Kier molecular flexibility index (Phi) is 4.15. The number of nitrogens with two attached hydrogens (primary N) is 1. The van der Waals surface area contributed by atoms with Gasteiger partial charge < -0.3 is 15.5 Å². The predicted molar refractivity (Wildman–Crippen MR) is 62.5 cm³/mol. The Labute approximate surface area is 103 Å². The van der Waals surface area contributed by atoms with Crippen LogP contribution in [-0.4, -0.2) is 48.8 Å². The number of nitrogens with zero attached hydrogens (tertiary/aromatic N) is 5. The molecule has 0 bridgehead atoms. The first-order chi connectivity index (χ1) is 8.19. The van der Waals surface area contributed by atoms with E-state index in [1.54, 1.807) is 19.0 Å². The molecular formula is C9H15F3N6. The van der Waals surface area contributed by atoms with Gasteiger partial charge in [-0.3, -0.25) is 0 Å². The lowest BCUT2D eigenvalue weighted by atomic mass is 10.4. The first kappa shape index (κ1) is 14.3. The van der Waals surface area contributed by atoms with Crippen LogP contribution in [0.3, 0.4) is 0 Å². The molecule has 0 saturated carbocycles. The fraction of sp³-hybridized carbons (Fsp3) is 0.667. The minimum atomic E-state index is -4.21. The molecule has 102 valence electrons. The zero-order chi connectivity index (χ0) is 13.9. The highest BCUT2D eigenvalue weighted by atomic mass is 19.4. The Balaban J connectivity index is 2.82. The van der Waals surface area contributed by atoms with Crippen molar-refractivity contribution in [3.63, 3.8) is 0 Å². The quantitative estimate of drug-likeness (QED) is 0.871. The standard InChI is InChI=1S/C9H15F3N6/c1-17(2)7-14-6(13)15-8(16-7)18(3)5-4-9(10,11)12/h4-5H2,1-3H3,(H2,13,14,15,16). The van der Waals surface area contributed by atoms with Crippen molar-refractivity contribution in [3.8, 4) is 0 Å². The molecule has 0 aliphatic rings. The maximum absolute atomic E-state index is 12.1. The van der Waals surface area contributed by atoms with E-state index in [2.05, 4.69) is 15.0 Å². The Hall–Kier alpha value is -1.80. The summed E-state index contributed by atoms with van der Waals surface area (Å²) >= 11 is 0. The van der Waals surface area contributed by atoms with Crippen LogP contribution in [0.1, 0.15) is 6.42 Å². The molecule has 0 aliphatic heterocycles. The van der Waals surface area contributed by atoms with Crippen LogP contribution in [0.25, 0.3) is 0 Å². The molecule has 0 fully saturated rings. The minimum Gasteiger partial charge on any atom is -0.368 e. The van der Waals surface area contributed by atoms with Crippen molar-refractivity contribution >= 4 is 17.8 Å². The molecule has 0 aromatic carbocycles. The van der Waals surface area contributed by atoms with Crippen molar-refractivity contribution in [1.82, 2.24) is 15.0 Å². The van der Waals surface area contributed by atoms with Gasteiger partial charge in [-0.05, 0) is 0 Å². The van der Waals surface area contributed by atoms with Crippen LogP contribution in [0.2, 0.25) is 0 Å². The van der Waals surface area contributed by atoms with Gasteiger partial charge in [0.25, 0.3) is 0 Å². The van der Waals surface area contributed by atoms with E-state index >= 15 is 0 Å². The molecule has 0 spiro atoms. The predicted octanol–water partition coefficient (Wildman–Crippen LogP) is 0.908. The van der Waals surface area contributed by atoms with E-state index in [1.807, 2.05) is 0 Å². The second-order valence-corrected chi connectivity index (χ2v) is 3.97. The Morgan fingerprint density at radius 2 is 1.61 bits per heavy atom. The van der Waals surface area contributed by atoms with Crippen molar-refractivity contribution in [2.24, 2.45) is 0 Å². The van der Waals surface area contributed by atoms with Gasteiger partial charge in [-0.1, -0.05) is 0 Å². The topological polar surface area (TPSA) is 71.2 Å². The molecule has 6 nitrogen and oxygen atoms in total. The Bertz CT molecular complexity index is 406. The van der Waals surface area contributed by atoms with E-state index in [0.717, 1.165) is 0 Å². The molecule has 0 amide bonds. The van der Waals surface area contributed by atoms with Gasteiger partial charge in [0.05, 0.1) is 6.42 Å². The summed E-state index contributed by atoms with van der Waals surface area (Å²) in [6.45, 7) is -0.236. The molecule has 1 heterocycles. The Morgan fingerprint density at radius 1 is 1.06 bits per heavy atom. The smallest absolute Gasteiger partial charge is 0.368 e. The van der Waals surface area contributed by atoms with Crippen LogP contribution >= 0.6 is 0 Å². The number of hydrogen-bond donors (Lipinski definition) is 1. The SMILES string of the molecule is CN(C)c1nc(N)nc(N(C)CCC(F)(F)F)n1. The average molecular weight is 264 g/mol. The van der Waals surface area contributed by atoms with Gasteiger partial charge >= 0.3 is 6.18 Å². The number of nitrogen functional groups attached to an aromatic ring is 1. The molecule has 0 atom stereocenters. The second-order valence-electron chi connectivity index (χ2n) is 3.97. The summed E-state index contributed by atoms with van der Waals surface area (Å²) in [6, 6.07) is 0. The minimum absolute atomic E-state index is 0.0254. The van der Waals surface area contributed by atoms with Gasteiger partial charge in [0.15, 0.2) is 0 Å². The molecular weight excluding hydrogens is 249 g/mol. The maximum Gasteiger partial charge on any atom is 0.390 e. The van der Waals surface area contributed by atoms with Gasteiger partial charge in [0.2, 0.25) is 17.8 Å².